The molecule has 42 valence electrons. The van der Waals surface area contributed by atoms with Crippen molar-refractivity contribution in [2.24, 2.45) is 5.73 Å². The van der Waals surface area contributed by atoms with E-state index in [-0.39, 0.29) is 6.61 Å². The summed E-state index contributed by atoms with van der Waals surface area (Å²) >= 11 is 4.53. The summed E-state index contributed by atoms with van der Waals surface area (Å²) in [5.41, 5.74) is 5.10. The van der Waals surface area contributed by atoms with Crippen molar-refractivity contribution in [3.05, 3.63) is 0 Å². The van der Waals surface area contributed by atoms with E-state index in [0.717, 1.165) is 0 Å². The predicted molar refractivity (Wildman–Crippen MR) is 33.1 cm³/mol. The highest BCUT2D eigenvalue weighted by Crippen LogP contribution is 1.84. The van der Waals surface area contributed by atoms with Crippen LogP contribution >= 0.6 is 12.2 Å². The van der Waals surface area contributed by atoms with Gasteiger partial charge in [-0.2, -0.15) is 0 Å². The molecule has 7 heavy (non-hydrogen) atoms. The third-order valence-corrected chi connectivity index (χ3v) is 0.785. The summed E-state index contributed by atoms with van der Waals surface area (Å²) in [6, 6.07) is 0. The minimum absolute atomic E-state index is 0.178. The van der Waals surface area contributed by atoms with Gasteiger partial charge in [-0.15, -0.1) is 0 Å². The van der Waals surface area contributed by atoms with Crippen molar-refractivity contribution >= 4 is 17.2 Å². The Kier molecular flexibility index (Phi) is 3.93. The highest BCUT2D eigenvalue weighted by molar-refractivity contribution is 7.80. The van der Waals surface area contributed by atoms with Crippen molar-refractivity contribution in [2.75, 3.05) is 6.61 Å². The van der Waals surface area contributed by atoms with E-state index in [2.05, 4.69) is 12.2 Å². The zero-order valence-corrected chi connectivity index (χ0v) is 4.87. The molecule has 0 unspecified atom stereocenters. The molecule has 0 saturated carbocycles. The molecule has 0 bridgehead atoms. The van der Waals surface area contributed by atoms with E-state index in [9.17, 15) is 0 Å². The van der Waals surface area contributed by atoms with Gasteiger partial charge in [-0.25, -0.2) is 0 Å². The minimum Gasteiger partial charge on any atom is -0.396 e. The molecule has 0 aromatic heterocycles. The van der Waals surface area contributed by atoms with Gasteiger partial charge in [0.05, 0.1) is 4.99 Å². The first-order valence-electron chi connectivity index (χ1n) is 2.16. The SMILES string of the molecule is NC(=S)CCCO. The summed E-state index contributed by atoms with van der Waals surface area (Å²) in [5.74, 6) is 0. The van der Waals surface area contributed by atoms with Crippen molar-refractivity contribution in [1.82, 2.24) is 0 Å². The van der Waals surface area contributed by atoms with E-state index in [4.69, 9.17) is 10.8 Å². The number of hydrogen-bond donors (Lipinski definition) is 2. The predicted octanol–water partition coefficient (Wildman–Crippen LogP) is 0.0450. The Morgan fingerprint density at radius 1 is 1.71 bits per heavy atom. The highest BCUT2D eigenvalue weighted by Gasteiger charge is 1.84. The summed E-state index contributed by atoms with van der Waals surface area (Å²) < 4.78 is 0. The van der Waals surface area contributed by atoms with Crippen LogP contribution in [0.1, 0.15) is 12.8 Å². The normalized spacial score (nSPS) is 8.71. The van der Waals surface area contributed by atoms with Gasteiger partial charge in [-0.3, -0.25) is 0 Å². The van der Waals surface area contributed by atoms with Crippen molar-refractivity contribution < 1.29 is 5.11 Å². The van der Waals surface area contributed by atoms with E-state index in [0.29, 0.717) is 17.8 Å². The smallest absolute Gasteiger partial charge is 0.0728 e. The van der Waals surface area contributed by atoms with Gasteiger partial charge in [0, 0.05) is 6.61 Å². The lowest BCUT2D eigenvalue weighted by Crippen LogP contribution is -2.07. The second-order valence-electron chi connectivity index (χ2n) is 1.29. The lowest BCUT2D eigenvalue weighted by molar-refractivity contribution is 0.291. The van der Waals surface area contributed by atoms with Crippen molar-refractivity contribution in [3.63, 3.8) is 0 Å². The molecule has 0 aliphatic heterocycles. The molecule has 0 amide bonds. The lowest BCUT2D eigenvalue weighted by Gasteiger charge is -1.89. The van der Waals surface area contributed by atoms with Crippen LogP contribution in [0.4, 0.5) is 0 Å². The van der Waals surface area contributed by atoms with E-state index in [1.54, 1.807) is 0 Å². The molecule has 3 N–H and O–H groups in total. The van der Waals surface area contributed by atoms with Crippen LogP contribution in [0.15, 0.2) is 0 Å². The van der Waals surface area contributed by atoms with Crippen LogP contribution < -0.4 is 5.73 Å². The van der Waals surface area contributed by atoms with E-state index < -0.39 is 0 Å². The van der Waals surface area contributed by atoms with Gasteiger partial charge in [-0.1, -0.05) is 12.2 Å². The van der Waals surface area contributed by atoms with E-state index in [1.807, 2.05) is 0 Å². The maximum absolute atomic E-state index is 8.20. The third-order valence-electron chi connectivity index (χ3n) is 0.581. The van der Waals surface area contributed by atoms with Gasteiger partial charge in [0.25, 0.3) is 0 Å². The average Bonchev–Trinajstić information content (AvgIpc) is 1.61. The molecule has 0 aliphatic carbocycles. The lowest BCUT2D eigenvalue weighted by atomic mass is 10.3. The molecule has 0 fully saturated rings. The zero-order chi connectivity index (χ0) is 5.70. The number of thiocarbonyl (C=S) groups is 1. The van der Waals surface area contributed by atoms with Crippen LogP contribution in [0.3, 0.4) is 0 Å². The van der Waals surface area contributed by atoms with Crippen LogP contribution in [0.2, 0.25) is 0 Å². The Morgan fingerprint density at radius 3 is 2.43 bits per heavy atom. The molecule has 0 spiro atoms. The quantitative estimate of drug-likeness (QED) is 0.516. The Morgan fingerprint density at radius 2 is 2.29 bits per heavy atom. The monoisotopic (exact) mass is 119 g/mol. The average molecular weight is 119 g/mol. The van der Waals surface area contributed by atoms with Crippen molar-refractivity contribution in [3.8, 4) is 0 Å². The molecule has 0 aromatic rings. The second-order valence-corrected chi connectivity index (χ2v) is 1.82. The van der Waals surface area contributed by atoms with Crippen LogP contribution in [0.5, 0.6) is 0 Å². The van der Waals surface area contributed by atoms with Gasteiger partial charge in [-0.05, 0) is 12.8 Å². The van der Waals surface area contributed by atoms with Crippen molar-refractivity contribution in [2.45, 2.75) is 12.8 Å². The molecule has 0 atom stereocenters. The molecule has 0 aliphatic rings. The van der Waals surface area contributed by atoms with Gasteiger partial charge < -0.3 is 10.8 Å². The van der Waals surface area contributed by atoms with Crippen LogP contribution in [-0.4, -0.2) is 16.7 Å². The molecule has 0 heterocycles. The summed E-state index contributed by atoms with van der Waals surface area (Å²) in [5, 5.41) is 8.20. The van der Waals surface area contributed by atoms with Crippen LogP contribution in [-0.2, 0) is 0 Å². The van der Waals surface area contributed by atoms with Crippen LogP contribution in [0, 0.1) is 0 Å². The zero-order valence-electron chi connectivity index (χ0n) is 4.05. The molecule has 0 aromatic carbocycles. The molecule has 0 radical (unpaired) electrons. The largest absolute Gasteiger partial charge is 0.396 e. The van der Waals surface area contributed by atoms with E-state index >= 15 is 0 Å². The molecule has 0 saturated heterocycles. The summed E-state index contributed by atoms with van der Waals surface area (Å²) in [7, 11) is 0. The maximum Gasteiger partial charge on any atom is 0.0728 e. The topological polar surface area (TPSA) is 46.2 Å². The Bertz CT molecular complexity index is 64.7. The molecule has 0 rings (SSSR count). The van der Waals surface area contributed by atoms with Gasteiger partial charge >= 0.3 is 0 Å². The molecular weight excluding hydrogens is 110 g/mol. The summed E-state index contributed by atoms with van der Waals surface area (Å²) in [4.78, 5) is 0.481. The van der Waals surface area contributed by atoms with Gasteiger partial charge in [0.15, 0.2) is 0 Å². The molecule has 2 nitrogen and oxygen atoms in total. The first-order chi connectivity index (χ1) is 3.27. The Hall–Kier alpha value is -0.150. The third kappa shape index (κ3) is 5.85. The Labute approximate surface area is 48.3 Å². The Balaban J connectivity index is 2.82. The van der Waals surface area contributed by atoms with Crippen LogP contribution in [0.25, 0.3) is 0 Å². The first-order valence-corrected chi connectivity index (χ1v) is 2.57. The second kappa shape index (κ2) is 4.02. The summed E-state index contributed by atoms with van der Waals surface area (Å²) in [6.07, 6.45) is 1.35. The molecule has 3 heteroatoms. The molecular formula is C4H9NOS. The van der Waals surface area contributed by atoms with Gasteiger partial charge in [0.2, 0.25) is 0 Å². The fourth-order valence-corrected chi connectivity index (χ4v) is 0.398. The highest BCUT2D eigenvalue weighted by atomic mass is 32.1. The van der Waals surface area contributed by atoms with Crippen molar-refractivity contribution in [1.29, 1.82) is 0 Å². The van der Waals surface area contributed by atoms with E-state index in [1.165, 1.54) is 0 Å². The number of rotatable bonds is 3. The summed E-state index contributed by atoms with van der Waals surface area (Å²) in [6.45, 7) is 0.178. The number of aliphatic hydroxyl groups excluding tert-OH is 1. The fourth-order valence-electron chi connectivity index (χ4n) is 0.253. The number of aliphatic hydroxyl groups is 1. The van der Waals surface area contributed by atoms with Gasteiger partial charge in [0.1, 0.15) is 0 Å². The number of nitrogens with two attached hydrogens (primary N) is 1. The minimum atomic E-state index is 0.178. The maximum atomic E-state index is 8.20. The first kappa shape index (κ1) is 6.85. The standard InChI is InChI=1S/C4H9NOS/c5-4(7)2-1-3-6/h6H,1-3H2,(H2,5,7). The number of hydrogen-bond acceptors (Lipinski definition) is 2. The fraction of sp³-hybridized carbons (Fsp3) is 0.750.